The maximum Gasteiger partial charge on any atom is 0.305 e. The van der Waals surface area contributed by atoms with Crippen molar-refractivity contribution in [1.29, 1.82) is 0 Å². The first-order valence-corrected chi connectivity index (χ1v) is 15.0. The second-order valence-electron chi connectivity index (χ2n) is 12.0. The van der Waals surface area contributed by atoms with Crippen molar-refractivity contribution in [1.82, 2.24) is 4.57 Å². The second-order valence-corrected chi connectivity index (χ2v) is 12.0. The molecule has 0 radical (unpaired) electrons. The van der Waals surface area contributed by atoms with Crippen molar-refractivity contribution in [2.24, 2.45) is 0 Å². The SMILES string of the molecule is CC(C)c1c(C(=O)Nc2ccccc2)c(-c2ccccc2)c(-c2ccc(F)cc2)n1CC[C@H]1C[C@@H](CC(=O)O)OC(C)(C)O1. The van der Waals surface area contributed by atoms with Crippen LogP contribution in [0.1, 0.15) is 68.9 Å². The highest BCUT2D eigenvalue weighted by molar-refractivity contribution is 6.12. The number of nitrogens with one attached hydrogen (secondary N) is 1. The van der Waals surface area contributed by atoms with Crippen LogP contribution < -0.4 is 5.32 Å². The number of nitrogens with zero attached hydrogens (tertiary/aromatic N) is 1. The van der Waals surface area contributed by atoms with Crippen LogP contribution in [0.15, 0.2) is 84.9 Å². The molecule has 2 N–H and O–H groups in total. The summed E-state index contributed by atoms with van der Waals surface area (Å²) in [6.45, 7) is 8.20. The topological polar surface area (TPSA) is 89.8 Å². The molecule has 230 valence electrons. The summed E-state index contributed by atoms with van der Waals surface area (Å²) >= 11 is 0. The van der Waals surface area contributed by atoms with Gasteiger partial charge in [0.15, 0.2) is 5.79 Å². The van der Waals surface area contributed by atoms with E-state index in [4.69, 9.17) is 9.47 Å². The Bertz CT molecular complexity index is 1600. The van der Waals surface area contributed by atoms with Gasteiger partial charge in [-0.3, -0.25) is 9.59 Å². The summed E-state index contributed by atoms with van der Waals surface area (Å²) in [6, 6.07) is 25.5. The first-order chi connectivity index (χ1) is 21.0. The molecule has 0 aliphatic carbocycles. The molecule has 1 fully saturated rings. The van der Waals surface area contributed by atoms with Crippen molar-refractivity contribution in [2.45, 2.75) is 77.4 Å². The molecule has 1 aromatic heterocycles. The zero-order valence-corrected chi connectivity index (χ0v) is 25.5. The molecular weight excluding hydrogens is 559 g/mol. The van der Waals surface area contributed by atoms with Gasteiger partial charge >= 0.3 is 5.97 Å². The molecule has 1 saturated heterocycles. The number of para-hydroxylation sites is 1. The lowest BCUT2D eigenvalue weighted by molar-refractivity contribution is -0.300. The predicted octanol–water partition coefficient (Wildman–Crippen LogP) is 8.11. The fraction of sp³-hybridized carbons (Fsp3) is 0.333. The number of benzene rings is 3. The molecule has 1 aliphatic heterocycles. The Labute approximate surface area is 257 Å². The number of ether oxygens (including phenoxy) is 2. The molecule has 0 saturated carbocycles. The van der Waals surface area contributed by atoms with Gasteiger partial charge in [0.2, 0.25) is 0 Å². The molecule has 0 bridgehead atoms. The Hall–Kier alpha value is -4.27. The average molecular weight is 599 g/mol. The minimum absolute atomic E-state index is 0.0463. The van der Waals surface area contributed by atoms with Gasteiger partial charge in [-0.25, -0.2) is 4.39 Å². The largest absolute Gasteiger partial charge is 0.481 e. The zero-order chi connectivity index (χ0) is 31.4. The highest BCUT2D eigenvalue weighted by Gasteiger charge is 2.37. The van der Waals surface area contributed by atoms with E-state index in [-0.39, 0.29) is 30.2 Å². The minimum Gasteiger partial charge on any atom is -0.481 e. The van der Waals surface area contributed by atoms with Crippen LogP contribution in [-0.4, -0.2) is 39.5 Å². The van der Waals surface area contributed by atoms with E-state index in [2.05, 4.69) is 23.7 Å². The summed E-state index contributed by atoms with van der Waals surface area (Å²) in [4.78, 5) is 25.7. The number of hydrogen-bond donors (Lipinski definition) is 2. The quantitative estimate of drug-likeness (QED) is 0.192. The third-order valence-corrected chi connectivity index (χ3v) is 7.79. The molecule has 1 aliphatic rings. The van der Waals surface area contributed by atoms with E-state index in [9.17, 15) is 19.1 Å². The lowest BCUT2D eigenvalue weighted by atomic mass is 9.94. The van der Waals surface area contributed by atoms with Crippen LogP contribution in [0.5, 0.6) is 0 Å². The summed E-state index contributed by atoms with van der Waals surface area (Å²) in [5.74, 6) is -2.47. The molecule has 4 aromatic rings. The average Bonchev–Trinajstić information content (AvgIpc) is 3.32. The van der Waals surface area contributed by atoms with Crippen molar-refractivity contribution < 1.29 is 28.6 Å². The molecule has 2 heterocycles. The zero-order valence-electron chi connectivity index (χ0n) is 25.5. The number of rotatable bonds is 10. The summed E-state index contributed by atoms with van der Waals surface area (Å²) < 4.78 is 28.5. The third kappa shape index (κ3) is 7.09. The van der Waals surface area contributed by atoms with Crippen LogP contribution in [0.25, 0.3) is 22.4 Å². The Kier molecular flexibility index (Phi) is 9.32. The molecule has 2 atom stereocenters. The van der Waals surface area contributed by atoms with Gasteiger partial charge in [0.1, 0.15) is 5.82 Å². The standard InChI is InChI=1S/C36H39FN2O5/c1-23(2)33-32(35(42)38-27-13-9-6-10-14-27)31(24-11-7-5-8-12-24)34(25-15-17-26(37)18-16-25)39(33)20-19-28-21-29(22-30(40)41)44-36(3,4)43-28/h5-18,23,28-29H,19-22H2,1-4H3,(H,38,42)(H,40,41)/t28-,29-/m0/s1. The van der Waals surface area contributed by atoms with E-state index in [1.165, 1.54) is 12.1 Å². The van der Waals surface area contributed by atoms with Gasteiger partial charge in [0, 0.05) is 29.9 Å². The van der Waals surface area contributed by atoms with Gasteiger partial charge in [-0.2, -0.15) is 0 Å². The smallest absolute Gasteiger partial charge is 0.305 e. The number of aliphatic carboxylic acids is 1. The van der Waals surface area contributed by atoms with E-state index >= 15 is 0 Å². The predicted molar refractivity (Wildman–Crippen MR) is 169 cm³/mol. The van der Waals surface area contributed by atoms with Crippen LogP contribution in [0.4, 0.5) is 10.1 Å². The number of amides is 1. The van der Waals surface area contributed by atoms with Crippen LogP contribution in [0.3, 0.4) is 0 Å². The normalized spacial score (nSPS) is 17.9. The molecule has 8 heteroatoms. The summed E-state index contributed by atoms with van der Waals surface area (Å²) in [7, 11) is 0. The number of aromatic nitrogens is 1. The summed E-state index contributed by atoms with van der Waals surface area (Å²) in [5.41, 5.74) is 5.33. The Morgan fingerprint density at radius 3 is 2.16 bits per heavy atom. The van der Waals surface area contributed by atoms with Gasteiger partial charge in [0.25, 0.3) is 5.91 Å². The van der Waals surface area contributed by atoms with Crippen molar-refractivity contribution in [3.63, 3.8) is 0 Å². The number of carboxylic acids is 1. The van der Waals surface area contributed by atoms with Crippen LogP contribution in [0, 0.1) is 5.82 Å². The molecule has 5 rings (SSSR count). The second kappa shape index (κ2) is 13.2. The van der Waals surface area contributed by atoms with Crippen LogP contribution in [-0.2, 0) is 20.8 Å². The molecule has 0 spiro atoms. The fourth-order valence-corrected chi connectivity index (χ4v) is 6.20. The minimum atomic E-state index is -0.934. The molecule has 7 nitrogen and oxygen atoms in total. The highest BCUT2D eigenvalue weighted by Crippen LogP contribution is 2.43. The number of carbonyl (C=O) groups excluding carboxylic acids is 1. The lowest BCUT2D eigenvalue weighted by Crippen LogP contribution is -2.45. The number of carbonyl (C=O) groups is 2. The summed E-state index contributed by atoms with van der Waals surface area (Å²) in [5, 5.41) is 12.5. The van der Waals surface area contributed by atoms with E-state index in [1.807, 2.05) is 60.7 Å². The van der Waals surface area contributed by atoms with E-state index < -0.39 is 17.9 Å². The van der Waals surface area contributed by atoms with E-state index in [1.54, 1.807) is 26.0 Å². The maximum absolute atomic E-state index is 14.2. The van der Waals surface area contributed by atoms with Crippen LogP contribution in [0.2, 0.25) is 0 Å². The molecule has 0 unspecified atom stereocenters. The fourth-order valence-electron chi connectivity index (χ4n) is 6.20. The van der Waals surface area contributed by atoms with Crippen molar-refractivity contribution in [3.05, 3.63) is 102 Å². The monoisotopic (exact) mass is 598 g/mol. The first-order valence-electron chi connectivity index (χ1n) is 15.0. The highest BCUT2D eigenvalue weighted by atomic mass is 19.1. The van der Waals surface area contributed by atoms with Crippen LogP contribution >= 0.6 is 0 Å². The van der Waals surface area contributed by atoms with Gasteiger partial charge in [-0.1, -0.05) is 62.4 Å². The molecule has 1 amide bonds. The Balaban J connectivity index is 1.66. The summed E-state index contributed by atoms with van der Waals surface area (Å²) in [6.07, 6.45) is 0.145. The molecule has 3 aromatic carbocycles. The number of hydrogen-bond acceptors (Lipinski definition) is 4. The Morgan fingerprint density at radius 1 is 0.932 bits per heavy atom. The number of anilines is 1. The van der Waals surface area contributed by atoms with Gasteiger partial charge in [0.05, 0.1) is 29.9 Å². The third-order valence-electron chi connectivity index (χ3n) is 7.79. The van der Waals surface area contributed by atoms with Crippen molar-refractivity contribution in [2.75, 3.05) is 5.32 Å². The lowest BCUT2D eigenvalue weighted by Gasteiger charge is -2.40. The van der Waals surface area contributed by atoms with E-state index in [0.29, 0.717) is 30.6 Å². The first kappa shape index (κ1) is 31.2. The number of carboxylic acid groups (broad SMARTS) is 1. The van der Waals surface area contributed by atoms with E-state index in [0.717, 1.165) is 28.1 Å². The maximum atomic E-state index is 14.2. The van der Waals surface area contributed by atoms with Crippen molar-refractivity contribution >= 4 is 17.6 Å². The Morgan fingerprint density at radius 2 is 1.55 bits per heavy atom. The van der Waals surface area contributed by atoms with Crippen molar-refractivity contribution in [3.8, 4) is 22.4 Å². The van der Waals surface area contributed by atoms with Gasteiger partial charge in [-0.05, 0) is 73.7 Å². The molecule has 44 heavy (non-hydrogen) atoms. The van der Waals surface area contributed by atoms with Gasteiger partial charge < -0.3 is 24.5 Å². The van der Waals surface area contributed by atoms with Gasteiger partial charge in [-0.15, -0.1) is 0 Å². The molecular formula is C36H39FN2O5. The number of halogens is 1.